The quantitative estimate of drug-likeness (QED) is 0.383. The Balaban J connectivity index is 0.000000423. The van der Waals surface area contributed by atoms with E-state index in [4.69, 9.17) is 5.11 Å². The Morgan fingerprint density at radius 2 is 1.62 bits per heavy atom. The number of aliphatic carboxylic acids is 1. The van der Waals surface area contributed by atoms with Gasteiger partial charge in [0.25, 0.3) is 0 Å². The minimum atomic E-state index is -0.837. The third-order valence-electron chi connectivity index (χ3n) is 2.44. The van der Waals surface area contributed by atoms with Crippen molar-refractivity contribution < 1.29 is 9.90 Å². The predicted octanol–water partition coefficient (Wildman–Crippen LogP) is 4.06. The molecule has 0 saturated heterocycles. The highest BCUT2D eigenvalue weighted by Crippen LogP contribution is 2.09. The van der Waals surface area contributed by atoms with Crippen molar-refractivity contribution in [1.29, 1.82) is 0 Å². The number of carboxylic acids is 1. The summed E-state index contributed by atoms with van der Waals surface area (Å²) in [6, 6.07) is 7.63. The fourth-order valence-corrected chi connectivity index (χ4v) is 1.57. The Morgan fingerprint density at radius 3 is 1.95 bits per heavy atom. The van der Waals surface area contributed by atoms with Gasteiger partial charge in [-0.1, -0.05) is 6.08 Å². The molecule has 0 spiro atoms. The Labute approximate surface area is 138 Å². The molecule has 118 valence electrons. The van der Waals surface area contributed by atoms with Crippen molar-refractivity contribution >= 4 is 31.2 Å². The van der Waals surface area contributed by atoms with Gasteiger partial charge in [-0.25, -0.2) is 4.79 Å². The molecule has 0 aliphatic heterocycles. The Kier molecular flexibility index (Phi) is 9.49. The largest absolute Gasteiger partial charge is 0.478 e. The molecule has 0 heterocycles. The van der Waals surface area contributed by atoms with E-state index in [1.54, 1.807) is 13.0 Å². The molecule has 0 bridgehead atoms. The zero-order valence-electron chi connectivity index (χ0n) is 13.1. The van der Waals surface area contributed by atoms with Crippen molar-refractivity contribution in [1.82, 2.24) is 5.32 Å². The van der Waals surface area contributed by atoms with Gasteiger partial charge in [-0.2, -0.15) is 0 Å². The molecule has 0 aliphatic carbocycles. The third kappa shape index (κ3) is 12.5. The van der Waals surface area contributed by atoms with E-state index in [0.717, 1.165) is 22.8 Å². The molecule has 0 aromatic heterocycles. The molecule has 1 aromatic rings. The maximum absolute atomic E-state index is 10.4. The lowest BCUT2D eigenvalue weighted by Gasteiger charge is -2.19. The van der Waals surface area contributed by atoms with Gasteiger partial charge in [0.15, 0.2) is 0 Å². The summed E-state index contributed by atoms with van der Waals surface area (Å²) in [5.41, 5.74) is 0.515. The lowest BCUT2D eigenvalue weighted by Crippen LogP contribution is -2.36. The summed E-state index contributed by atoms with van der Waals surface area (Å²) in [6.07, 6.45) is 2.50. The number of carbonyl (C=O) groups is 1. The van der Waals surface area contributed by atoms with E-state index in [-0.39, 0.29) is 5.54 Å². The van der Waals surface area contributed by atoms with Crippen LogP contribution in [0, 0.1) is 0 Å². The molecule has 0 atom stereocenters. The summed E-state index contributed by atoms with van der Waals surface area (Å²) in [5, 5.41) is 11.8. The summed E-state index contributed by atoms with van der Waals surface area (Å²) in [4.78, 5) is 12.4. The van der Waals surface area contributed by atoms with Gasteiger partial charge in [0.05, 0.1) is 0 Å². The number of hydrogen-bond acceptors (Lipinski definition) is 4. The van der Waals surface area contributed by atoms with E-state index in [0.29, 0.717) is 5.57 Å². The van der Waals surface area contributed by atoms with Crippen molar-refractivity contribution in [2.75, 3.05) is 6.54 Å². The maximum atomic E-state index is 10.4. The van der Waals surface area contributed by atoms with E-state index in [2.05, 4.69) is 51.3 Å². The zero-order valence-corrected chi connectivity index (χ0v) is 14.8. The lowest BCUT2D eigenvalue weighted by atomic mass is 10.1. The molecule has 0 amide bonds. The second-order valence-electron chi connectivity index (χ2n) is 5.67. The molecule has 0 unspecified atom stereocenters. The first-order valence-electron chi connectivity index (χ1n) is 6.75. The van der Waals surface area contributed by atoms with Crippen molar-refractivity contribution in [2.24, 2.45) is 0 Å². The van der Waals surface area contributed by atoms with Crippen LogP contribution in [0.3, 0.4) is 0 Å². The van der Waals surface area contributed by atoms with E-state index in [1.807, 2.05) is 24.3 Å². The summed E-state index contributed by atoms with van der Waals surface area (Å²) >= 11 is 8.20. The van der Waals surface area contributed by atoms with E-state index >= 15 is 0 Å². The molecule has 3 nitrogen and oxygen atoms in total. The molecule has 1 rings (SSSR count). The highest BCUT2D eigenvalue weighted by molar-refractivity contribution is 7.80. The smallest absolute Gasteiger partial charge is 0.330 e. The van der Waals surface area contributed by atoms with E-state index in [9.17, 15) is 4.79 Å². The van der Waals surface area contributed by atoms with Crippen molar-refractivity contribution in [3.05, 3.63) is 35.9 Å². The molecule has 21 heavy (non-hydrogen) atoms. The van der Waals surface area contributed by atoms with Crippen LogP contribution in [-0.4, -0.2) is 23.2 Å². The Morgan fingerprint density at radius 1 is 1.19 bits per heavy atom. The van der Waals surface area contributed by atoms with Crippen LogP contribution in [0.5, 0.6) is 0 Å². The molecular weight excluding hydrogens is 302 g/mol. The van der Waals surface area contributed by atoms with E-state index in [1.165, 1.54) is 0 Å². The first-order valence-corrected chi connectivity index (χ1v) is 7.64. The minimum Gasteiger partial charge on any atom is -0.478 e. The topological polar surface area (TPSA) is 49.3 Å². The molecule has 0 saturated carbocycles. The first-order chi connectivity index (χ1) is 9.61. The van der Waals surface area contributed by atoms with Gasteiger partial charge >= 0.3 is 5.97 Å². The number of carboxylic acid groups (broad SMARTS) is 1. The van der Waals surface area contributed by atoms with Gasteiger partial charge in [0.2, 0.25) is 0 Å². The molecule has 0 aliphatic rings. The number of nitrogens with one attached hydrogen (secondary N) is 1. The molecule has 2 N–H and O–H groups in total. The maximum Gasteiger partial charge on any atom is 0.330 e. The SMILES string of the molecule is CC(=CCCNC(C)(C)C)C(=O)O.Sc1ccc(S)cc1. The number of rotatable bonds is 4. The number of hydrogen-bond donors (Lipinski definition) is 4. The highest BCUT2D eigenvalue weighted by atomic mass is 32.1. The van der Waals surface area contributed by atoms with Gasteiger partial charge in [0, 0.05) is 20.9 Å². The zero-order chi connectivity index (χ0) is 16.5. The standard InChI is InChI=1S/C10H19NO2.C6H6S2/c1-8(9(12)13)6-5-7-11-10(2,3)4;7-5-1-2-6(8)4-3-5/h6,11H,5,7H2,1-4H3,(H,12,13);1-4,7-8H. The van der Waals surface area contributed by atoms with Gasteiger partial charge in [-0.15, -0.1) is 25.3 Å². The van der Waals surface area contributed by atoms with Crippen LogP contribution in [0.1, 0.15) is 34.1 Å². The molecule has 0 fully saturated rings. The van der Waals surface area contributed by atoms with Crippen LogP contribution in [0.2, 0.25) is 0 Å². The number of benzene rings is 1. The van der Waals surface area contributed by atoms with Gasteiger partial charge in [-0.05, 0) is 64.9 Å². The fraction of sp³-hybridized carbons (Fsp3) is 0.438. The van der Waals surface area contributed by atoms with Crippen LogP contribution in [0.4, 0.5) is 0 Å². The monoisotopic (exact) mass is 327 g/mol. The fourth-order valence-electron chi connectivity index (χ4n) is 1.28. The van der Waals surface area contributed by atoms with Gasteiger partial charge in [0.1, 0.15) is 0 Å². The first kappa shape index (κ1) is 20.1. The second kappa shape index (κ2) is 9.92. The average Bonchev–Trinajstić information content (AvgIpc) is 2.37. The normalized spacial score (nSPS) is 11.6. The molecule has 0 radical (unpaired) electrons. The Bertz CT molecular complexity index is 441. The van der Waals surface area contributed by atoms with Gasteiger partial charge in [-0.3, -0.25) is 0 Å². The molecule has 5 heteroatoms. The van der Waals surface area contributed by atoms with Crippen molar-refractivity contribution in [3.8, 4) is 0 Å². The average molecular weight is 328 g/mol. The van der Waals surface area contributed by atoms with Crippen molar-refractivity contribution in [2.45, 2.75) is 49.4 Å². The van der Waals surface area contributed by atoms with Crippen LogP contribution in [0.15, 0.2) is 45.7 Å². The molecule has 1 aromatic carbocycles. The second-order valence-corrected chi connectivity index (χ2v) is 6.71. The van der Waals surface area contributed by atoms with Crippen molar-refractivity contribution in [3.63, 3.8) is 0 Å². The van der Waals surface area contributed by atoms with Crippen LogP contribution in [0.25, 0.3) is 0 Å². The van der Waals surface area contributed by atoms with Crippen LogP contribution in [-0.2, 0) is 4.79 Å². The number of thiol groups is 2. The summed E-state index contributed by atoms with van der Waals surface area (Å²) < 4.78 is 0. The van der Waals surface area contributed by atoms with Crippen LogP contribution < -0.4 is 5.32 Å². The molecular formula is C16H25NO2S2. The highest BCUT2D eigenvalue weighted by Gasteiger charge is 2.06. The lowest BCUT2D eigenvalue weighted by molar-refractivity contribution is -0.132. The van der Waals surface area contributed by atoms with Gasteiger partial charge < -0.3 is 10.4 Å². The van der Waals surface area contributed by atoms with Crippen LogP contribution >= 0.6 is 25.3 Å². The Hall–Kier alpha value is -0.910. The third-order valence-corrected chi connectivity index (χ3v) is 3.03. The minimum absolute atomic E-state index is 0.102. The summed E-state index contributed by atoms with van der Waals surface area (Å²) in [5.74, 6) is -0.837. The van der Waals surface area contributed by atoms with E-state index < -0.39 is 5.97 Å². The summed E-state index contributed by atoms with van der Waals surface area (Å²) in [6.45, 7) is 8.68. The summed E-state index contributed by atoms with van der Waals surface area (Å²) in [7, 11) is 0. The predicted molar refractivity (Wildman–Crippen MR) is 94.7 cm³/mol.